The predicted octanol–water partition coefficient (Wildman–Crippen LogP) is -0.776. The van der Waals surface area contributed by atoms with E-state index in [4.69, 9.17) is 15.9 Å². The van der Waals surface area contributed by atoms with Crippen LogP contribution >= 0.6 is 17.0 Å². The van der Waals surface area contributed by atoms with Crippen LogP contribution in [0.3, 0.4) is 0 Å². The van der Waals surface area contributed by atoms with E-state index in [0.717, 1.165) is 0 Å². The first-order valence-corrected chi connectivity index (χ1v) is 2.88. The Morgan fingerprint density at radius 2 is 1.17 bits per heavy atom. The summed E-state index contributed by atoms with van der Waals surface area (Å²) >= 11 is -5.25. The van der Waals surface area contributed by atoms with E-state index in [1.807, 2.05) is 0 Å². The van der Waals surface area contributed by atoms with Gasteiger partial charge < -0.3 is 0 Å². The van der Waals surface area contributed by atoms with Gasteiger partial charge in [-0.2, -0.15) is 0 Å². The van der Waals surface area contributed by atoms with Crippen molar-refractivity contribution in [2.24, 2.45) is 0 Å². The average molecular weight is 199 g/mol. The van der Waals surface area contributed by atoms with Gasteiger partial charge in [0.2, 0.25) is 0 Å². The summed E-state index contributed by atoms with van der Waals surface area (Å²) in [6.45, 7) is 0. The molecule has 0 aliphatic carbocycles. The van der Waals surface area contributed by atoms with Gasteiger partial charge in [-0.1, -0.05) is 0 Å². The quantitative estimate of drug-likeness (QED) is 0.536. The molecule has 0 aromatic carbocycles. The first-order chi connectivity index (χ1) is 2.00. The van der Waals surface area contributed by atoms with Crippen molar-refractivity contribution in [2.45, 2.75) is 0 Å². The van der Waals surface area contributed by atoms with Gasteiger partial charge in [-0.25, -0.2) is 0 Å². The van der Waals surface area contributed by atoms with E-state index >= 15 is 0 Å². The molecule has 0 radical (unpaired) electrons. The summed E-state index contributed by atoms with van der Waals surface area (Å²) in [5, 5.41) is 0. The predicted molar refractivity (Wildman–Crippen MR) is 16.1 cm³/mol. The fraction of sp³-hybridized carbons (Fsp3) is 0. The van der Waals surface area contributed by atoms with Crippen LogP contribution in [0.25, 0.3) is 0 Å². The van der Waals surface area contributed by atoms with Crippen LogP contribution in [0.2, 0.25) is 0 Å². The molecule has 6 heavy (non-hydrogen) atoms. The summed E-state index contributed by atoms with van der Waals surface area (Å²) < 4.78 is 31.9. The van der Waals surface area contributed by atoms with Crippen molar-refractivity contribution in [3.8, 4) is 0 Å². The number of hydrogen-bond acceptors (Lipinski definition) is 2. The monoisotopic (exact) mass is 198 g/mol. The SMILES string of the molecule is Br.[O]=[Cr](=[O])([OH])[OH]. The van der Waals surface area contributed by atoms with Gasteiger partial charge in [0.1, 0.15) is 0 Å². The Morgan fingerprint density at radius 1 is 1.17 bits per heavy atom. The molecule has 6 heteroatoms. The Kier molecular flexibility index (Phi) is 4.32. The summed E-state index contributed by atoms with van der Waals surface area (Å²) in [7, 11) is 0. The molecule has 0 amide bonds. The fourth-order valence-electron chi connectivity index (χ4n) is 0. The first-order valence-electron chi connectivity index (χ1n) is 0.698. The standard InChI is InChI=1S/BrH.Cr.2H2O.2O/h1H;;2*1H2;;/q;+2;;;;/p-2. The molecule has 0 bridgehead atoms. The van der Waals surface area contributed by atoms with Crippen LogP contribution in [-0.2, 0) is 21.2 Å². The van der Waals surface area contributed by atoms with Gasteiger partial charge in [-0.3, -0.25) is 0 Å². The molecule has 40 valence electrons. The second-order valence-corrected chi connectivity index (χ2v) is 1.85. The van der Waals surface area contributed by atoms with Crippen LogP contribution in [-0.4, -0.2) is 8.32 Å². The Bertz CT molecular complexity index is 90.7. The Balaban J connectivity index is 0. The molecule has 0 saturated carbocycles. The van der Waals surface area contributed by atoms with Crippen molar-refractivity contribution in [3.63, 3.8) is 0 Å². The molecule has 0 unspecified atom stereocenters. The molecule has 0 atom stereocenters. The molecular weight excluding hydrogens is 196 g/mol. The molecule has 0 spiro atoms. The van der Waals surface area contributed by atoms with Crippen LogP contribution in [0.5, 0.6) is 0 Å². The summed E-state index contributed by atoms with van der Waals surface area (Å²) in [4.78, 5) is 0. The van der Waals surface area contributed by atoms with Crippen LogP contribution in [0.1, 0.15) is 0 Å². The van der Waals surface area contributed by atoms with Crippen molar-refractivity contribution in [1.29, 1.82) is 0 Å². The zero-order valence-corrected chi connectivity index (χ0v) is 5.52. The molecule has 0 rings (SSSR count). The third-order valence-electron chi connectivity index (χ3n) is 0. The first kappa shape index (κ1) is 9.73. The van der Waals surface area contributed by atoms with Crippen LogP contribution in [0, 0.1) is 0 Å². The van der Waals surface area contributed by atoms with Crippen molar-refractivity contribution < 1.29 is 29.5 Å². The van der Waals surface area contributed by atoms with E-state index in [9.17, 15) is 0 Å². The van der Waals surface area contributed by atoms with Crippen molar-refractivity contribution >= 4 is 17.0 Å². The average Bonchev–Trinajstić information content (AvgIpc) is 0.722. The molecule has 2 N–H and O–H groups in total. The molecule has 4 nitrogen and oxygen atoms in total. The van der Waals surface area contributed by atoms with Gasteiger partial charge in [0.25, 0.3) is 0 Å². The summed E-state index contributed by atoms with van der Waals surface area (Å²) in [6, 6.07) is 0. The van der Waals surface area contributed by atoms with E-state index in [-0.39, 0.29) is 17.0 Å². The summed E-state index contributed by atoms with van der Waals surface area (Å²) in [5.74, 6) is 0. The zero-order chi connectivity index (χ0) is 4.50. The molecule has 0 fully saturated rings. The van der Waals surface area contributed by atoms with E-state index < -0.39 is 13.6 Å². The molecule has 0 aliphatic rings. The third-order valence-corrected chi connectivity index (χ3v) is 0. The number of halogens is 1. The summed E-state index contributed by atoms with van der Waals surface area (Å²) in [5.41, 5.74) is 0. The summed E-state index contributed by atoms with van der Waals surface area (Å²) in [6.07, 6.45) is 0. The van der Waals surface area contributed by atoms with Crippen molar-refractivity contribution in [1.82, 2.24) is 0 Å². The molecule has 0 aromatic heterocycles. The normalized spacial score (nSPS) is 9.67. The van der Waals surface area contributed by atoms with Crippen molar-refractivity contribution in [3.05, 3.63) is 0 Å². The second-order valence-electron chi connectivity index (χ2n) is 0.448. The van der Waals surface area contributed by atoms with E-state index in [0.29, 0.717) is 0 Å². The minimum absolute atomic E-state index is 0. The maximum absolute atomic E-state index is 8.82. The van der Waals surface area contributed by atoms with Gasteiger partial charge in [0.05, 0.1) is 0 Å². The Labute approximate surface area is 46.9 Å². The molecule has 0 aliphatic heterocycles. The van der Waals surface area contributed by atoms with Gasteiger partial charge in [-0.15, -0.1) is 17.0 Å². The minimum atomic E-state index is -5.25. The maximum atomic E-state index is 8.82. The Hall–Kier alpha value is 0.532. The van der Waals surface area contributed by atoms with Crippen LogP contribution in [0.4, 0.5) is 0 Å². The second kappa shape index (κ2) is 2.66. The molecule has 0 saturated heterocycles. The van der Waals surface area contributed by atoms with Gasteiger partial charge in [0.15, 0.2) is 0 Å². The van der Waals surface area contributed by atoms with Gasteiger partial charge in [-0.05, 0) is 0 Å². The van der Waals surface area contributed by atoms with E-state index in [2.05, 4.69) is 0 Å². The number of hydrogen-bond donors (Lipinski definition) is 2. The number of rotatable bonds is 0. The van der Waals surface area contributed by atoms with Crippen LogP contribution < -0.4 is 0 Å². The van der Waals surface area contributed by atoms with E-state index in [1.165, 1.54) is 0 Å². The van der Waals surface area contributed by atoms with Crippen molar-refractivity contribution in [2.75, 3.05) is 0 Å². The zero-order valence-electron chi connectivity index (χ0n) is 2.53. The van der Waals surface area contributed by atoms with Gasteiger partial charge >= 0.3 is 29.5 Å². The molecular formula is H3BrCrO4. The van der Waals surface area contributed by atoms with Crippen LogP contribution in [0.15, 0.2) is 0 Å². The molecule has 0 aromatic rings. The van der Waals surface area contributed by atoms with Gasteiger partial charge in [0, 0.05) is 0 Å². The fourth-order valence-corrected chi connectivity index (χ4v) is 0. The molecule has 0 heterocycles. The Morgan fingerprint density at radius 3 is 1.17 bits per heavy atom. The topological polar surface area (TPSA) is 74.6 Å². The van der Waals surface area contributed by atoms with E-state index in [1.54, 1.807) is 0 Å². The third kappa shape index (κ3) is 199.